The van der Waals surface area contributed by atoms with Gasteiger partial charge in [-0.1, -0.05) is 0 Å². The van der Waals surface area contributed by atoms with Crippen molar-refractivity contribution in [2.45, 2.75) is 25.3 Å². The Morgan fingerprint density at radius 1 is 0.867 bits per heavy atom. The van der Waals surface area contributed by atoms with Gasteiger partial charge in [0.1, 0.15) is 22.1 Å². The second-order valence-electron chi connectivity index (χ2n) is 6.77. The van der Waals surface area contributed by atoms with Crippen molar-refractivity contribution in [3.63, 3.8) is 0 Å². The first-order valence-electron chi connectivity index (χ1n) is 9.34. The first-order valence-corrected chi connectivity index (χ1v) is 10.8. The standard InChI is InChI=1S/C22H26N2O5S/c1-15-12-17(16(2)24(15)18-6-8-19(27-3)9-7-18)14-23-30(25,26)22-13-20(28-4)10-11-21(22)29-5/h6-13,23H,14H2,1-5H3. The molecule has 7 nitrogen and oxygen atoms in total. The van der Waals surface area contributed by atoms with Gasteiger partial charge in [0.15, 0.2) is 0 Å². The Hall–Kier alpha value is -2.97. The van der Waals surface area contributed by atoms with Crippen molar-refractivity contribution >= 4 is 10.0 Å². The highest BCUT2D eigenvalue weighted by Gasteiger charge is 2.21. The van der Waals surface area contributed by atoms with Crippen molar-refractivity contribution in [2.75, 3.05) is 21.3 Å². The number of nitrogens with one attached hydrogen (secondary N) is 1. The number of hydrogen-bond donors (Lipinski definition) is 1. The zero-order chi connectivity index (χ0) is 21.9. The van der Waals surface area contributed by atoms with Gasteiger partial charge in [-0.25, -0.2) is 13.1 Å². The lowest BCUT2D eigenvalue weighted by Gasteiger charge is -2.13. The molecule has 0 aliphatic rings. The number of ether oxygens (including phenoxy) is 3. The van der Waals surface area contributed by atoms with E-state index >= 15 is 0 Å². The Labute approximate surface area is 177 Å². The summed E-state index contributed by atoms with van der Waals surface area (Å²) in [7, 11) is 0.739. The van der Waals surface area contributed by atoms with Crippen molar-refractivity contribution in [2.24, 2.45) is 0 Å². The Balaban J connectivity index is 1.87. The fourth-order valence-electron chi connectivity index (χ4n) is 3.38. The summed E-state index contributed by atoms with van der Waals surface area (Å²) < 4.78 is 46.2. The monoisotopic (exact) mass is 430 g/mol. The fourth-order valence-corrected chi connectivity index (χ4v) is 4.57. The van der Waals surface area contributed by atoms with E-state index in [1.807, 2.05) is 44.2 Å². The van der Waals surface area contributed by atoms with Crippen molar-refractivity contribution in [1.82, 2.24) is 9.29 Å². The maximum Gasteiger partial charge on any atom is 0.244 e. The molecule has 1 heterocycles. The third-order valence-corrected chi connectivity index (χ3v) is 6.40. The van der Waals surface area contributed by atoms with Crippen LogP contribution in [0.15, 0.2) is 53.4 Å². The highest BCUT2D eigenvalue weighted by molar-refractivity contribution is 7.89. The van der Waals surface area contributed by atoms with Crippen LogP contribution in [0.25, 0.3) is 5.69 Å². The zero-order valence-electron chi connectivity index (χ0n) is 17.7. The molecule has 0 atom stereocenters. The molecule has 0 fully saturated rings. The second-order valence-corrected chi connectivity index (χ2v) is 8.51. The molecule has 0 aliphatic heterocycles. The number of benzene rings is 2. The topological polar surface area (TPSA) is 78.8 Å². The van der Waals surface area contributed by atoms with Gasteiger partial charge >= 0.3 is 0 Å². The molecule has 2 aromatic carbocycles. The third-order valence-electron chi connectivity index (χ3n) is 4.98. The lowest BCUT2D eigenvalue weighted by molar-refractivity contribution is 0.392. The molecule has 0 unspecified atom stereocenters. The van der Waals surface area contributed by atoms with Crippen LogP contribution < -0.4 is 18.9 Å². The highest BCUT2D eigenvalue weighted by Crippen LogP contribution is 2.29. The number of hydrogen-bond acceptors (Lipinski definition) is 5. The first kappa shape index (κ1) is 21.7. The van der Waals surface area contributed by atoms with Gasteiger partial charge in [-0.05, 0) is 61.9 Å². The van der Waals surface area contributed by atoms with E-state index in [-0.39, 0.29) is 17.2 Å². The maximum absolute atomic E-state index is 12.9. The summed E-state index contributed by atoms with van der Waals surface area (Å²) >= 11 is 0. The van der Waals surface area contributed by atoms with E-state index in [0.717, 1.165) is 28.4 Å². The Bertz CT molecular complexity index is 1140. The third kappa shape index (κ3) is 4.29. The Morgan fingerprint density at radius 3 is 2.10 bits per heavy atom. The molecule has 1 N–H and O–H groups in total. The van der Waals surface area contributed by atoms with Crippen molar-refractivity contribution in [1.29, 1.82) is 0 Å². The van der Waals surface area contributed by atoms with E-state index in [4.69, 9.17) is 14.2 Å². The molecule has 0 spiro atoms. The van der Waals surface area contributed by atoms with Crippen LogP contribution in [0.5, 0.6) is 17.2 Å². The minimum absolute atomic E-state index is 0.0355. The van der Waals surface area contributed by atoms with Crippen LogP contribution in [0, 0.1) is 13.8 Å². The summed E-state index contributed by atoms with van der Waals surface area (Å²) in [6.45, 7) is 4.10. The number of rotatable bonds is 8. The van der Waals surface area contributed by atoms with Crippen LogP contribution in [0.2, 0.25) is 0 Å². The number of sulfonamides is 1. The SMILES string of the molecule is COc1ccc(-n2c(C)cc(CNS(=O)(=O)c3cc(OC)ccc3OC)c2C)cc1. The predicted octanol–water partition coefficient (Wildman–Crippen LogP) is 3.60. The smallest absolute Gasteiger partial charge is 0.244 e. The van der Waals surface area contributed by atoms with Gasteiger partial charge < -0.3 is 18.8 Å². The van der Waals surface area contributed by atoms with E-state index in [2.05, 4.69) is 9.29 Å². The average molecular weight is 431 g/mol. The van der Waals surface area contributed by atoms with Crippen molar-refractivity contribution in [3.8, 4) is 22.9 Å². The minimum atomic E-state index is -3.81. The first-order chi connectivity index (χ1) is 14.3. The van der Waals surface area contributed by atoms with Gasteiger partial charge in [-0.15, -0.1) is 0 Å². The highest BCUT2D eigenvalue weighted by atomic mass is 32.2. The van der Waals surface area contributed by atoms with E-state index in [1.165, 1.54) is 20.3 Å². The van der Waals surface area contributed by atoms with Gasteiger partial charge in [-0.3, -0.25) is 0 Å². The number of nitrogens with zero attached hydrogens (tertiary/aromatic N) is 1. The molecule has 0 saturated carbocycles. The summed E-state index contributed by atoms with van der Waals surface area (Å²) in [5, 5.41) is 0. The zero-order valence-corrected chi connectivity index (χ0v) is 18.5. The van der Waals surface area contributed by atoms with Gasteiger partial charge in [0, 0.05) is 29.7 Å². The summed E-state index contributed by atoms with van der Waals surface area (Å²) in [5.41, 5.74) is 3.83. The van der Waals surface area contributed by atoms with E-state index < -0.39 is 10.0 Å². The molecule has 8 heteroatoms. The van der Waals surface area contributed by atoms with Crippen LogP contribution in [0.3, 0.4) is 0 Å². The van der Waals surface area contributed by atoms with Gasteiger partial charge in [0.05, 0.1) is 21.3 Å². The predicted molar refractivity (Wildman–Crippen MR) is 115 cm³/mol. The lowest BCUT2D eigenvalue weighted by Crippen LogP contribution is -2.24. The molecule has 0 saturated heterocycles. The van der Waals surface area contributed by atoms with Gasteiger partial charge in [0.25, 0.3) is 0 Å². The van der Waals surface area contributed by atoms with Crippen LogP contribution in [0.1, 0.15) is 17.0 Å². The number of methoxy groups -OCH3 is 3. The van der Waals surface area contributed by atoms with Crippen LogP contribution in [-0.4, -0.2) is 34.3 Å². The molecule has 1 aromatic heterocycles. The molecular formula is C22H26N2O5S. The Morgan fingerprint density at radius 2 is 1.50 bits per heavy atom. The van der Waals surface area contributed by atoms with Crippen LogP contribution in [-0.2, 0) is 16.6 Å². The molecule has 0 bridgehead atoms. The molecular weight excluding hydrogens is 404 g/mol. The molecule has 0 aliphatic carbocycles. The van der Waals surface area contributed by atoms with E-state index in [0.29, 0.717) is 5.75 Å². The molecule has 160 valence electrons. The minimum Gasteiger partial charge on any atom is -0.497 e. The molecule has 3 aromatic rings. The summed E-state index contributed by atoms with van der Waals surface area (Å²) in [5.74, 6) is 1.47. The maximum atomic E-state index is 12.9. The van der Waals surface area contributed by atoms with Crippen LogP contribution in [0.4, 0.5) is 0 Å². The van der Waals surface area contributed by atoms with Gasteiger partial charge in [0.2, 0.25) is 10.0 Å². The Kier molecular flexibility index (Phi) is 6.38. The second kappa shape index (κ2) is 8.81. The summed E-state index contributed by atoms with van der Waals surface area (Å²) in [4.78, 5) is 0.0355. The van der Waals surface area contributed by atoms with E-state index in [9.17, 15) is 8.42 Å². The molecule has 30 heavy (non-hydrogen) atoms. The molecule has 0 radical (unpaired) electrons. The summed E-state index contributed by atoms with van der Waals surface area (Å²) in [6, 6.07) is 14.4. The quantitative estimate of drug-likeness (QED) is 0.591. The lowest BCUT2D eigenvalue weighted by atomic mass is 10.2. The van der Waals surface area contributed by atoms with E-state index in [1.54, 1.807) is 19.2 Å². The van der Waals surface area contributed by atoms with Crippen molar-refractivity contribution in [3.05, 3.63) is 65.5 Å². The number of aryl methyl sites for hydroxylation is 1. The molecule has 3 rings (SSSR count). The van der Waals surface area contributed by atoms with Crippen LogP contribution >= 0.6 is 0 Å². The largest absolute Gasteiger partial charge is 0.497 e. The normalized spacial score (nSPS) is 11.4. The van der Waals surface area contributed by atoms with Crippen molar-refractivity contribution < 1.29 is 22.6 Å². The summed E-state index contributed by atoms with van der Waals surface area (Å²) in [6.07, 6.45) is 0. The van der Waals surface area contributed by atoms with Gasteiger partial charge in [-0.2, -0.15) is 0 Å². The fraction of sp³-hybridized carbons (Fsp3) is 0.273. The number of aromatic nitrogens is 1. The molecule has 0 amide bonds. The average Bonchev–Trinajstić information content (AvgIpc) is 3.05.